The maximum Gasteiger partial charge on any atom is 0.234 e. The summed E-state index contributed by atoms with van der Waals surface area (Å²) in [5.74, 6) is 0.0799. The van der Waals surface area contributed by atoms with Crippen LogP contribution in [-0.4, -0.2) is 43.5 Å². The zero-order valence-electron chi connectivity index (χ0n) is 14.5. The Morgan fingerprint density at radius 3 is 2.32 bits per heavy atom. The highest BCUT2D eigenvalue weighted by molar-refractivity contribution is 6.30. The van der Waals surface area contributed by atoms with E-state index in [0.29, 0.717) is 6.54 Å². The lowest BCUT2D eigenvalue weighted by Gasteiger charge is -2.35. The summed E-state index contributed by atoms with van der Waals surface area (Å²) in [4.78, 5) is 16.8. The van der Waals surface area contributed by atoms with Crippen LogP contribution in [0.5, 0.6) is 0 Å². The van der Waals surface area contributed by atoms with Gasteiger partial charge in [0.2, 0.25) is 5.91 Å². The van der Waals surface area contributed by atoms with E-state index in [9.17, 15) is 4.79 Å². The molecule has 132 valence electrons. The van der Waals surface area contributed by atoms with E-state index in [1.54, 1.807) is 0 Å². The topological polar surface area (TPSA) is 35.6 Å². The number of carbonyl (C=O) groups excluding carboxylic acids is 1. The molecule has 1 aliphatic heterocycles. The van der Waals surface area contributed by atoms with Gasteiger partial charge in [0.05, 0.1) is 12.6 Å². The number of amides is 1. The van der Waals surface area contributed by atoms with Crippen LogP contribution in [0.25, 0.3) is 0 Å². The zero-order valence-corrected chi connectivity index (χ0v) is 15.2. The summed E-state index contributed by atoms with van der Waals surface area (Å²) in [7, 11) is 0. The molecule has 2 aromatic carbocycles. The lowest BCUT2D eigenvalue weighted by molar-refractivity contribution is -0.123. The molecule has 0 saturated carbocycles. The molecule has 0 spiro atoms. The molecule has 5 heteroatoms. The smallest absolute Gasteiger partial charge is 0.234 e. The minimum Gasteiger partial charge on any atom is -0.369 e. The van der Waals surface area contributed by atoms with Crippen molar-refractivity contribution in [3.63, 3.8) is 0 Å². The average Bonchev–Trinajstić information content (AvgIpc) is 2.64. The van der Waals surface area contributed by atoms with Crippen LogP contribution in [0.2, 0.25) is 5.02 Å². The summed E-state index contributed by atoms with van der Waals surface area (Å²) in [5, 5.41) is 3.84. The molecule has 0 bridgehead atoms. The maximum absolute atomic E-state index is 12.3. The Balaban J connectivity index is 1.45. The molecule has 0 radical (unpaired) electrons. The number of benzene rings is 2. The molecule has 3 rings (SSSR count). The van der Waals surface area contributed by atoms with Gasteiger partial charge in [-0.25, -0.2) is 0 Å². The van der Waals surface area contributed by atoms with Crippen molar-refractivity contribution < 1.29 is 4.79 Å². The number of rotatable bonds is 5. The van der Waals surface area contributed by atoms with Crippen LogP contribution < -0.4 is 10.2 Å². The molecule has 0 aliphatic carbocycles. The van der Waals surface area contributed by atoms with Crippen LogP contribution in [0.15, 0.2) is 54.6 Å². The monoisotopic (exact) mass is 357 g/mol. The van der Waals surface area contributed by atoms with Crippen molar-refractivity contribution in [1.82, 2.24) is 10.2 Å². The lowest BCUT2D eigenvalue weighted by Crippen LogP contribution is -2.49. The van der Waals surface area contributed by atoms with E-state index >= 15 is 0 Å². The highest BCUT2D eigenvalue weighted by Gasteiger charge is 2.20. The summed E-state index contributed by atoms with van der Waals surface area (Å²) < 4.78 is 0. The second-order valence-corrected chi connectivity index (χ2v) is 6.88. The SMILES string of the molecule is C[C@H](NC(=O)CN1CCN(c2ccc(Cl)cc2)CC1)c1ccccc1. The van der Waals surface area contributed by atoms with Gasteiger partial charge in [-0.2, -0.15) is 0 Å². The molecule has 0 aromatic heterocycles. The third-order valence-corrected chi connectivity index (χ3v) is 4.86. The molecule has 4 nitrogen and oxygen atoms in total. The fraction of sp³-hybridized carbons (Fsp3) is 0.350. The number of hydrogen-bond donors (Lipinski definition) is 1. The quantitative estimate of drug-likeness (QED) is 0.891. The van der Waals surface area contributed by atoms with Crippen molar-refractivity contribution in [2.75, 3.05) is 37.6 Å². The van der Waals surface area contributed by atoms with Crippen molar-refractivity contribution in [1.29, 1.82) is 0 Å². The van der Waals surface area contributed by atoms with Gasteiger partial charge in [-0.1, -0.05) is 41.9 Å². The molecule has 2 aromatic rings. The number of halogens is 1. The number of piperazine rings is 1. The predicted octanol–water partition coefficient (Wildman–Crippen LogP) is 3.34. The van der Waals surface area contributed by atoms with Gasteiger partial charge in [0.15, 0.2) is 0 Å². The maximum atomic E-state index is 12.3. The number of hydrogen-bond acceptors (Lipinski definition) is 3. The average molecular weight is 358 g/mol. The van der Waals surface area contributed by atoms with E-state index in [0.717, 1.165) is 36.8 Å². The van der Waals surface area contributed by atoms with Crippen molar-refractivity contribution in [2.24, 2.45) is 0 Å². The number of carbonyl (C=O) groups is 1. The second-order valence-electron chi connectivity index (χ2n) is 6.44. The fourth-order valence-corrected chi connectivity index (χ4v) is 3.26. The van der Waals surface area contributed by atoms with Gasteiger partial charge in [-0.3, -0.25) is 9.69 Å². The Hall–Kier alpha value is -2.04. The first kappa shape index (κ1) is 17.8. The molecule has 1 amide bonds. The number of anilines is 1. The first-order chi connectivity index (χ1) is 12.1. The van der Waals surface area contributed by atoms with Crippen LogP contribution in [-0.2, 0) is 4.79 Å². The van der Waals surface area contributed by atoms with Gasteiger partial charge in [-0.15, -0.1) is 0 Å². The molecule has 1 fully saturated rings. The van der Waals surface area contributed by atoms with Crippen LogP contribution >= 0.6 is 11.6 Å². The molecular weight excluding hydrogens is 334 g/mol. The summed E-state index contributed by atoms with van der Waals surface area (Å²) >= 11 is 5.95. The summed E-state index contributed by atoms with van der Waals surface area (Å²) in [6.07, 6.45) is 0. The zero-order chi connectivity index (χ0) is 17.6. The summed E-state index contributed by atoms with van der Waals surface area (Å²) in [5.41, 5.74) is 2.31. The first-order valence-corrected chi connectivity index (χ1v) is 9.07. The second kappa shape index (κ2) is 8.37. The Bertz CT molecular complexity index is 682. The van der Waals surface area contributed by atoms with Crippen molar-refractivity contribution in [3.05, 3.63) is 65.2 Å². The highest BCUT2D eigenvalue weighted by Crippen LogP contribution is 2.19. The van der Waals surface area contributed by atoms with Gasteiger partial charge in [0.25, 0.3) is 0 Å². The Labute approximate surface area is 154 Å². The molecule has 1 saturated heterocycles. The Kier molecular flexibility index (Phi) is 5.95. The van der Waals surface area contributed by atoms with E-state index in [1.165, 1.54) is 5.69 Å². The molecule has 1 heterocycles. The summed E-state index contributed by atoms with van der Waals surface area (Å²) in [6.45, 7) is 6.08. The van der Waals surface area contributed by atoms with Crippen LogP contribution in [0, 0.1) is 0 Å². The highest BCUT2D eigenvalue weighted by atomic mass is 35.5. The van der Waals surface area contributed by atoms with Crippen LogP contribution in [0.4, 0.5) is 5.69 Å². The predicted molar refractivity (Wildman–Crippen MR) is 103 cm³/mol. The number of nitrogens with one attached hydrogen (secondary N) is 1. The van der Waals surface area contributed by atoms with Crippen molar-refractivity contribution in [2.45, 2.75) is 13.0 Å². The van der Waals surface area contributed by atoms with Crippen molar-refractivity contribution >= 4 is 23.2 Å². The normalized spacial score (nSPS) is 16.5. The van der Waals surface area contributed by atoms with Crippen LogP contribution in [0.1, 0.15) is 18.5 Å². The van der Waals surface area contributed by atoms with E-state index in [4.69, 9.17) is 11.6 Å². The van der Waals surface area contributed by atoms with E-state index in [2.05, 4.69) is 15.1 Å². The standard InChI is InChI=1S/C20H24ClN3O/c1-16(17-5-3-2-4-6-17)22-20(25)15-23-11-13-24(14-12-23)19-9-7-18(21)8-10-19/h2-10,16H,11-15H2,1H3,(H,22,25)/t16-/m0/s1. The third-order valence-electron chi connectivity index (χ3n) is 4.61. The largest absolute Gasteiger partial charge is 0.369 e. The van der Waals surface area contributed by atoms with E-state index in [-0.39, 0.29) is 11.9 Å². The van der Waals surface area contributed by atoms with Gasteiger partial charge >= 0.3 is 0 Å². The van der Waals surface area contributed by atoms with Crippen molar-refractivity contribution in [3.8, 4) is 0 Å². The minimum absolute atomic E-state index is 0.0315. The van der Waals surface area contributed by atoms with Gasteiger partial charge in [-0.05, 0) is 36.8 Å². The molecule has 1 atom stereocenters. The fourth-order valence-electron chi connectivity index (χ4n) is 3.13. The lowest BCUT2D eigenvalue weighted by atomic mass is 10.1. The molecule has 0 unspecified atom stereocenters. The molecule has 1 N–H and O–H groups in total. The number of nitrogens with zero attached hydrogens (tertiary/aromatic N) is 2. The van der Waals surface area contributed by atoms with Gasteiger partial charge < -0.3 is 10.2 Å². The Morgan fingerprint density at radius 2 is 1.68 bits per heavy atom. The third kappa shape index (κ3) is 4.97. The minimum atomic E-state index is 0.0315. The van der Waals surface area contributed by atoms with Crippen LogP contribution in [0.3, 0.4) is 0 Å². The summed E-state index contributed by atoms with van der Waals surface area (Å²) in [6, 6.07) is 18.0. The van der Waals surface area contributed by atoms with Gasteiger partial charge in [0, 0.05) is 36.9 Å². The first-order valence-electron chi connectivity index (χ1n) is 8.69. The molecule has 25 heavy (non-hydrogen) atoms. The van der Waals surface area contributed by atoms with E-state index in [1.807, 2.05) is 61.5 Å². The molecule has 1 aliphatic rings. The Morgan fingerprint density at radius 1 is 1.04 bits per heavy atom. The van der Waals surface area contributed by atoms with E-state index < -0.39 is 0 Å². The molecular formula is C20H24ClN3O. The van der Waals surface area contributed by atoms with Gasteiger partial charge in [0.1, 0.15) is 0 Å².